The van der Waals surface area contributed by atoms with Crippen molar-refractivity contribution in [1.82, 2.24) is 9.71 Å². The van der Waals surface area contributed by atoms with Crippen LogP contribution in [0, 0.1) is 5.92 Å². The van der Waals surface area contributed by atoms with Gasteiger partial charge in [-0.25, -0.2) is 18.1 Å². The molecule has 7 nitrogen and oxygen atoms in total. The first-order chi connectivity index (χ1) is 15.4. The average molecular weight is 460 g/mol. The number of benzene rings is 1. The van der Waals surface area contributed by atoms with E-state index in [2.05, 4.69) is 44.9 Å². The molecule has 1 saturated heterocycles. The maximum Gasteiger partial charge on any atom is 0.208 e. The Morgan fingerprint density at radius 3 is 2.50 bits per heavy atom. The summed E-state index contributed by atoms with van der Waals surface area (Å²) in [5.74, 6) is 1.55. The number of ether oxygens (including phenoxy) is 1. The number of anilines is 1. The van der Waals surface area contributed by atoms with E-state index in [9.17, 15) is 13.5 Å². The van der Waals surface area contributed by atoms with Gasteiger partial charge in [0.15, 0.2) is 0 Å². The van der Waals surface area contributed by atoms with Gasteiger partial charge in [-0.3, -0.25) is 0 Å². The fourth-order valence-electron chi connectivity index (χ4n) is 4.95. The number of nitrogens with one attached hydrogen (secondary N) is 1. The molecule has 1 aromatic heterocycles. The number of hydrogen-bond acceptors (Lipinski definition) is 6. The Morgan fingerprint density at radius 1 is 1.09 bits per heavy atom. The Hall–Kier alpha value is -2.16. The van der Waals surface area contributed by atoms with Gasteiger partial charge in [0.1, 0.15) is 11.6 Å². The van der Waals surface area contributed by atoms with Crippen molar-refractivity contribution in [3.05, 3.63) is 54.2 Å². The van der Waals surface area contributed by atoms with Crippen LogP contribution < -0.4 is 9.62 Å². The van der Waals surface area contributed by atoms with E-state index in [1.165, 1.54) is 18.0 Å². The van der Waals surface area contributed by atoms with Gasteiger partial charge in [-0.15, -0.1) is 0 Å². The maximum absolute atomic E-state index is 11.9. The van der Waals surface area contributed by atoms with Gasteiger partial charge < -0.3 is 14.7 Å². The Kier molecular flexibility index (Phi) is 7.33. The predicted molar refractivity (Wildman–Crippen MR) is 125 cm³/mol. The molecule has 1 saturated carbocycles. The van der Waals surface area contributed by atoms with Crippen LogP contribution in [0.2, 0.25) is 0 Å². The molecular formula is C24H33N3O4S. The molecule has 0 bridgehead atoms. The van der Waals surface area contributed by atoms with Crippen molar-refractivity contribution in [2.45, 2.75) is 50.2 Å². The molecule has 2 aromatic rings. The van der Waals surface area contributed by atoms with Crippen LogP contribution in [0.15, 0.2) is 48.7 Å². The van der Waals surface area contributed by atoms with Crippen molar-refractivity contribution in [3.8, 4) is 5.75 Å². The number of hydrogen-bond donors (Lipinski definition) is 2. The molecule has 0 unspecified atom stereocenters. The van der Waals surface area contributed by atoms with Crippen LogP contribution in [-0.4, -0.2) is 56.6 Å². The van der Waals surface area contributed by atoms with Crippen molar-refractivity contribution in [1.29, 1.82) is 0 Å². The normalized spacial score (nSPS) is 26.7. The van der Waals surface area contributed by atoms with Gasteiger partial charge in [0, 0.05) is 25.0 Å². The summed E-state index contributed by atoms with van der Waals surface area (Å²) in [4.78, 5) is 6.46. The molecule has 2 aliphatic rings. The van der Waals surface area contributed by atoms with Crippen LogP contribution in [0.5, 0.6) is 5.75 Å². The largest absolute Gasteiger partial charge is 0.506 e. The molecule has 2 heterocycles. The van der Waals surface area contributed by atoms with Gasteiger partial charge in [-0.1, -0.05) is 30.3 Å². The Morgan fingerprint density at radius 2 is 1.84 bits per heavy atom. The summed E-state index contributed by atoms with van der Waals surface area (Å²) in [7, 11) is -3.30. The van der Waals surface area contributed by atoms with Crippen molar-refractivity contribution in [2.24, 2.45) is 5.92 Å². The maximum atomic E-state index is 11.9. The Bertz CT molecular complexity index is 960. The molecule has 4 rings (SSSR count). The number of aromatic hydroxyl groups is 1. The second-order valence-corrected chi connectivity index (χ2v) is 10.9. The first-order valence-electron chi connectivity index (χ1n) is 11.4. The summed E-state index contributed by atoms with van der Waals surface area (Å²) in [5, 5.41) is 9.52. The Balaban J connectivity index is 1.35. The number of nitrogens with zero attached hydrogens (tertiary/aromatic N) is 2. The monoisotopic (exact) mass is 459 g/mol. The van der Waals surface area contributed by atoms with E-state index in [-0.39, 0.29) is 23.8 Å². The van der Waals surface area contributed by atoms with E-state index < -0.39 is 10.0 Å². The summed E-state index contributed by atoms with van der Waals surface area (Å²) in [6.07, 6.45) is 7.85. The highest BCUT2D eigenvalue weighted by atomic mass is 32.2. The lowest BCUT2D eigenvalue weighted by Crippen LogP contribution is -2.52. The lowest BCUT2D eigenvalue weighted by atomic mass is 9.82. The molecule has 0 radical (unpaired) electrons. The van der Waals surface area contributed by atoms with Crippen molar-refractivity contribution in [2.75, 3.05) is 30.9 Å². The van der Waals surface area contributed by atoms with Gasteiger partial charge in [0.05, 0.1) is 25.2 Å². The molecule has 1 aliphatic carbocycles. The zero-order chi connectivity index (χ0) is 22.6. The summed E-state index contributed by atoms with van der Waals surface area (Å²) >= 11 is 0. The highest BCUT2D eigenvalue weighted by Crippen LogP contribution is 2.34. The molecule has 2 atom stereocenters. The molecule has 2 fully saturated rings. The number of rotatable bonds is 7. The highest BCUT2D eigenvalue weighted by Gasteiger charge is 2.33. The predicted octanol–water partition coefficient (Wildman–Crippen LogP) is 3.27. The molecule has 8 heteroatoms. The van der Waals surface area contributed by atoms with Crippen LogP contribution in [0.25, 0.3) is 0 Å². The summed E-state index contributed by atoms with van der Waals surface area (Å²) in [6.45, 7) is 1.87. The molecule has 32 heavy (non-hydrogen) atoms. The van der Waals surface area contributed by atoms with Crippen LogP contribution in [0.1, 0.15) is 43.6 Å². The number of pyridine rings is 1. The van der Waals surface area contributed by atoms with E-state index in [1.54, 1.807) is 12.1 Å². The van der Waals surface area contributed by atoms with Crippen molar-refractivity contribution >= 4 is 15.8 Å². The third-order valence-electron chi connectivity index (χ3n) is 6.65. The van der Waals surface area contributed by atoms with Crippen molar-refractivity contribution in [3.63, 3.8) is 0 Å². The van der Waals surface area contributed by atoms with E-state index in [1.807, 2.05) is 0 Å². The van der Waals surface area contributed by atoms with Gasteiger partial charge in [0.25, 0.3) is 0 Å². The fraction of sp³-hybridized carbons (Fsp3) is 0.542. The first kappa shape index (κ1) is 23.0. The number of sulfonamides is 1. The van der Waals surface area contributed by atoms with Gasteiger partial charge in [-0.2, -0.15) is 0 Å². The van der Waals surface area contributed by atoms with E-state index in [4.69, 9.17) is 4.74 Å². The molecule has 2 N–H and O–H groups in total. The van der Waals surface area contributed by atoms with Crippen LogP contribution in [-0.2, 0) is 14.8 Å². The van der Waals surface area contributed by atoms with E-state index in [0.717, 1.165) is 31.5 Å². The molecule has 0 spiro atoms. The van der Waals surface area contributed by atoms with E-state index >= 15 is 0 Å². The van der Waals surface area contributed by atoms with Gasteiger partial charge in [-0.05, 0) is 55.7 Å². The second kappa shape index (κ2) is 10.2. The minimum Gasteiger partial charge on any atom is -0.506 e. The Labute approximate surface area is 190 Å². The fourth-order valence-corrected chi connectivity index (χ4v) is 5.81. The number of piperidine rings is 1. The minimum atomic E-state index is -3.30. The quantitative estimate of drug-likeness (QED) is 0.660. The summed E-state index contributed by atoms with van der Waals surface area (Å²) < 4.78 is 33.0. The number of aromatic nitrogens is 1. The third kappa shape index (κ3) is 6.21. The summed E-state index contributed by atoms with van der Waals surface area (Å²) in [5.41, 5.74) is 1.41. The first-order valence-corrected chi connectivity index (χ1v) is 13.3. The minimum absolute atomic E-state index is 0.0286. The highest BCUT2D eigenvalue weighted by molar-refractivity contribution is 7.88. The van der Waals surface area contributed by atoms with Gasteiger partial charge >= 0.3 is 0 Å². The van der Waals surface area contributed by atoms with Crippen LogP contribution in [0.3, 0.4) is 0 Å². The summed E-state index contributed by atoms with van der Waals surface area (Å²) in [6, 6.07) is 13.9. The van der Waals surface area contributed by atoms with E-state index in [0.29, 0.717) is 32.0 Å². The second-order valence-electron chi connectivity index (χ2n) is 9.08. The molecule has 1 aliphatic heterocycles. The standard InChI is InChI=1S/C24H33N3O4S/c1-32(29,30)26-23-13-14-27(24-12-9-21(28)15-25-24)16-20(23)17-31-22-10-7-19(8-11-22)18-5-3-2-4-6-18/h2-6,9,12,15,19-20,22-23,26,28H,7-8,10-11,13-14,16-17H2,1H3/t19-,20-,22+,23-/m0/s1. The van der Waals surface area contributed by atoms with Crippen molar-refractivity contribution < 1.29 is 18.3 Å². The van der Waals surface area contributed by atoms with Crippen LogP contribution in [0.4, 0.5) is 5.82 Å². The third-order valence-corrected chi connectivity index (χ3v) is 7.38. The molecule has 174 valence electrons. The van der Waals surface area contributed by atoms with Crippen LogP contribution >= 0.6 is 0 Å². The smallest absolute Gasteiger partial charge is 0.208 e. The molecule has 1 aromatic carbocycles. The zero-order valence-corrected chi connectivity index (χ0v) is 19.4. The lowest BCUT2D eigenvalue weighted by molar-refractivity contribution is -0.00213. The average Bonchev–Trinajstić information content (AvgIpc) is 2.79. The molecule has 0 amide bonds. The molecular weight excluding hydrogens is 426 g/mol. The topological polar surface area (TPSA) is 91.8 Å². The van der Waals surface area contributed by atoms with Gasteiger partial charge in [0.2, 0.25) is 10.0 Å². The lowest BCUT2D eigenvalue weighted by Gasteiger charge is -2.40. The zero-order valence-electron chi connectivity index (χ0n) is 18.6. The SMILES string of the molecule is CS(=O)(=O)N[C@H]1CCN(c2ccc(O)cn2)C[C@H]1CO[C@H]1CC[C@@H](c2ccccc2)CC1.